The highest BCUT2D eigenvalue weighted by atomic mass is 16.6. The van der Waals surface area contributed by atoms with E-state index >= 15 is 0 Å². The van der Waals surface area contributed by atoms with Crippen LogP contribution in [-0.4, -0.2) is 12.7 Å². The maximum atomic E-state index is 12.9. The van der Waals surface area contributed by atoms with Gasteiger partial charge in [-0.1, -0.05) is 54.6 Å². The molecule has 1 amide bonds. The number of hydrogen-bond donors (Lipinski definition) is 0. The minimum Gasteiger partial charge on any atom is -0.449 e. The summed E-state index contributed by atoms with van der Waals surface area (Å²) in [5.41, 5.74) is -0.311. The summed E-state index contributed by atoms with van der Waals surface area (Å²) in [4.78, 5) is 14.3. The van der Waals surface area contributed by atoms with Crippen LogP contribution in [0.25, 0.3) is 0 Å². The quantitative estimate of drug-likeness (QED) is 0.652. The molecule has 0 saturated heterocycles. The lowest BCUT2D eigenvalue weighted by atomic mass is 9.75. The molecule has 0 aromatic heterocycles. The van der Waals surface area contributed by atoms with Gasteiger partial charge < -0.3 is 4.74 Å². The van der Waals surface area contributed by atoms with Gasteiger partial charge in [0.25, 0.3) is 0 Å². The third kappa shape index (κ3) is 4.16. The predicted molar refractivity (Wildman–Crippen MR) is 104 cm³/mol. The van der Waals surface area contributed by atoms with E-state index in [0.717, 1.165) is 0 Å². The van der Waals surface area contributed by atoms with Crippen molar-refractivity contribution in [2.24, 2.45) is 5.41 Å². The van der Waals surface area contributed by atoms with Crippen molar-refractivity contribution >= 4 is 11.8 Å². The molecule has 0 aliphatic carbocycles. The Kier molecular flexibility index (Phi) is 6.74. The van der Waals surface area contributed by atoms with Crippen molar-refractivity contribution in [1.82, 2.24) is 0 Å². The molecule has 0 saturated carbocycles. The minimum absolute atomic E-state index is 0.0995. The number of allylic oxidation sites excluding steroid dienone is 1. The lowest BCUT2D eigenvalue weighted by molar-refractivity contribution is 0.153. The molecule has 0 aliphatic heterocycles. The second-order valence-electron chi connectivity index (χ2n) is 5.91. The average Bonchev–Trinajstić information content (AvgIpc) is 2.72. The average molecular weight is 359 g/mol. The van der Waals surface area contributed by atoms with Crippen LogP contribution in [0.4, 0.5) is 10.5 Å². The number of nitrogens with zero attached hydrogens (tertiary/aromatic N) is 3. The number of carbonyl (C=O) groups is 1. The molecule has 0 heterocycles. The lowest BCUT2D eigenvalue weighted by Gasteiger charge is -2.37. The molecule has 0 bridgehead atoms. The first-order valence-electron chi connectivity index (χ1n) is 8.63. The van der Waals surface area contributed by atoms with E-state index in [1.165, 1.54) is 11.0 Å². The fourth-order valence-corrected chi connectivity index (χ4v) is 3.01. The molecule has 136 valence electrons. The van der Waals surface area contributed by atoms with Gasteiger partial charge in [-0.2, -0.15) is 10.5 Å². The van der Waals surface area contributed by atoms with Crippen molar-refractivity contribution in [3.63, 3.8) is 0 Å². The number of ether oxygens (including phenoxy) is 1. The number of para-hydroxylation sites is 1. The summed E-state index contributed by atoms with van der Waals surface area (Å²) in [6.07, 6.45) is 1.01. The second-order valence-corrected chi connectivity index (χ2v) is 5.91. The summed E-state index contributed by atoms with van der Waals surface area (Å²) in [6.45, 7) is 5.58. The highest BCUT2D eigenvalue weighted by molar-refractivity contribution is 5.89. The molecule has 2 aromatic carbocycles. The van der Waals surface area contributed by atoms with E-state index in [0.29, 0.717) is 11.3 Å². The van der Waals surface area contributed by atoms with E-state index in [-0.39, 0.29) is 13.0 Å². The molecular weight excluding hydrogens is 338 g/mol. The van der Waals surface area contributed by atoms with E-state index in [1.807, 2.05) is 24.3 Å². The molecular formula is C22H21N3O2. The molecule has 0 N–H and O–H groups in total. The number of nitriles is 2. The number of rotatable bonds is 7. The summed E-state index contributed by atoms with van der Waals surface area (Å²) in [6, 6.07) is 21.4. The fraction of sp³-hybridized carbons (Fsp3) is 0.227. The maximum Gasteiger partial charge on any atom is 0.414 e. The van der Waals surface area contributed by atoms with Gasteiger partial charge in [0.1, 0.15) is 0 Å². The Balaban J connectivity index is 2.75. The SMILES string of the molecule is C=CCC(C#N)(C#N)C(c1ccccc1)N(C(=O)OCC)c1ccccc1. The zero-order valence-electron chi connectivity index (χ0n) is 15.2. The molecule has 1 unspecified atom stereocenters. The Labute approximate surface area is 159 Å². The van der Waals surface area contributed by atoms with E-state index in [2.05, 4.69) is 18.7 Å². The smallest absolute Gasteiger partial charge is 0.414 e. The van der Waals surface area contributed by atoms with E-state index < -0.39 is 17.6 Å². The standard InChI is InChI=1S/C22H21N3O2/c1-3-15-22(16-23,17-24)20(18-11-7-5-8-12-18)25(21(26)27-4-2)19-13-9-6-10-14-19/h3,5-14,20H,1,4,15H2,2H3. The van der Waals surface area contributed by atoms with Gasteiger partial charge in [0.2, 0.25) is 0 Å². The van der Waals surface area contributed by atoms with Crippen molar-refractivity contribution in [3.8, 4) is 12.1 Å². The van der Waals surface area contributed by atoms with E-state index in [1.54, 1.807) is 43.3 Å². The molecule has 0 radical (unpaired) electrons. The molecule has 5 nitrogen and oxygen atoms in total. The largest absolute Gasteiger partial charge is 0.449 e. The molecule has 2 rings (SSSR count). The highest BCUT2D eigenvalue weighted by Crippen LogP contribution is 2.43. The van der Waals surface area contributed by atoms with Gasteiger partial charge in [0.05, 0.1) is 24.8 Å². The maximum absolute atomic E-state index is 12.9. The Hall–Kier alpha value is -3.57. The van der Waals surface area contributed by atoms with Crippen LogP contribution in [-0.2, 0) is 4.74 Å². The van der Waals surface area contributed by atoms with Crippen molar-refractivity contribution in [1.29, 1.82) is 10.5 Å². The Bertz CT molecular complexity index is 837. The number of benzene rings is 2. The highest BCUT2D eigenvalue weighted by Gasteiger charge is 2.46. The molecule has 0 spiro atoms. The van der Waals surface area contributed by atoms with Gasteiger partial charge in [-0.25, -0.2) is 4.79 Å². The van der Waals surface area contributed by atoms with Crippen LogP contribution in [0.15, 0.2) is 73.3 Å². The Morgan fingerprint density at radius 2 is 1.70 bits per heavy atom. The summed E-state index contributed by atoms with van der Waals surface area (Å²) in [5, 5.41) is 19.9. The van der Waals surface area contributed by atoms with Crippen molar-refractivity contribution in [2.45, 2.75) is 19.4 Å². The lowest BCUT2D eigenvalue weighted by Crippen LogP contribution is -2.44. The van der Waals surface area contributed by atoms with Gasteiger partial charge in [-0.3, -0.25) is 4.90 Å². The number of hydrogen-bond acceptors (Lipinski definition) is 4. The zero-order chi connectivity index (χ0) is 19.7. The minimum atomic E-state index is -1.52. The molecule has 0 fully saturated rings. The first-order valence-corrected chi connectivity index (χ1v) is 8.63. The van der Waals surface area contributed by atoms with Crippen LogP contribution < -0.4 is 4.90 Å². The van der Waals surface area contributed by atoms with Crippen LogP contribution in [0.3, 0.4) is 0 Å². The fourth-order valence-electron chi connectivity index (χ4n) is 3.01. The van der Waals surface area contributed by atoms with Crippen molar-refractivity contribution in [3.05, 3.63) is 78.9 Å². The summed E-state index contributed by atoms with van der Waals surface area (Å²) >= 11 is 0. The molecule has 5 heteroatoms. The van der Waals surface area contributed by atoms with Gasteiger partial charge in [0.15, 0.2) is 5.41 Å². The first-order chi connectivity index (χ1) is 13.1. The van der Waals surface area contributed by atoms with Crippen LogP contribution in [0.5, 0.6) is 0 Å². The van der Waals surface area contributed by atoms with Gasteiger partial charge in [0, 0.05) is 5.69 Å². The summed E-state index contributed by atoms with van der Waals surface area (Å²) < 4.78 is 5.27. The number of anilines is 1. The predicted octanol–water partition coefficient (Wildman–Crippen LogP) is 5.00. The van der Waals surface area contributed by atoms with Crippen LogP contribution in [0, 0.1) is 28.1 Å². The van der Waals surface area contributed by atoms with Crippen LogP contribution in [0.2, 0.25) is 0 Å². The normalized spacial score (nSPS) is 11.5. The van der Waals surface area contributed by atoms with Crippen molar-refractivity contribution in [2.75, 3.05) is 11.5 Å². The van der Waals surface area contributed by atoms with Gasteiger partial charge >= 0.3 is 6.09 Å². The van der Waals surface area contributed by atoms with Gasteiger partial charge in [-0.15, -0.1) is 6.58 Å². The van der Waals surface area contributed by atoms with E-state index in [9.17, 15) is 15.3 Å². The zero-order valence-corrected chi connectivity index (χ0v) is 15.2. The monoisotopic (exact) mass is 359 g/mol. The number of amides is 1. The van der Waals surface area contributed by atoms with Crippen LogP contribution in [0.1, 0.15) is 24.9 Å². The molecule has 2 aromatic rings. The third-order valence-electron chi connectivity index (χ3n) is 4.20. The molecule has 0 aliphatic rings. The van der Waals surface area contributed by atoms with Gasteiger partial charge in [-0.05, 0) is 31.0 Å². The summed E-state index contributed by atoms with van der Waals surface area (Å²) in [5.74, 6) is 0. The molecule has 27 heavy (non-hydrogen) atoms. The van der Waals surface area contributed by atoms with E-state index in [4.69, 9.17) is 4.74 Å². The Morgan fingerprint density at radius 3 is 2.19 bits per heavy atom. The number of carbonyl (C=O) groups excluding carboxylic acids is 1. The third-order valence-corrected chi connectivity index (χ3v) is 4.20. The van der Waals surface area contributed by atoms with Crippen LogP contribution >= 0.6 is 0 Å². The first kappa shape index (κ1) is 19.8. The summed E-state index contributed by atoms with van der Waals surface area (Å²) in [7, 11) is 0. The second kappa shape index (κ2) is 9.22. The molecule has 1 atom stereocenters. The van der Waals surface area contributed by atoms with Crippen molar-refractivity contribution < 1.29 is 9.53 Å². The topological polar surface area (TPSA) is 77.1 Å². The Morgan fingerprint density at radius 1 is 1.15 bits per heavy atom.